The minimum absolute atomic E-state index is 0.362. The topological polar surface area (TPSA) is 74.2 Å². The molecular weight excluding hydrogens is 158 g/mol. The van der Waals surface area contributed by atoms with Gasteiger partial charge in [0.2, 0.25) is 0 Å². The third-order valence-corrected chi connectivity index (χ3v) is 1.28. The van der Waals surface area contributed by atoms with Gasteiger partial charge < -0.3 is 0 Å². The molecule has 0 N–H and O–H groups in total. The molecule has 0 saturated carbocycles. The predicted molar refractivity (Wildman–Crippen MR) is 39.1 cm³/mol. The SMILES string of the molecule is O=C1C=CC(n2cncn2)=N[N]1. The predicted octanol–water partition coefficient (Wildman–Crippen LogP) is -0.860. The first-order valence-electron chi connectivity index (χ1n) is 3.22. The van der Waals surface area contributed by atoms with E-state index in [9.17, 15) is 4.79 Å². The van der Waals surface area contributed by atoms with Gasteiger partial charge in [0.1, 0.15) is 12.7 Å². The second-order valence-corrected chi connectivity index (χ2v) is 2.07. The third-order valence-electron chi connectivity index (χ3n) is 1.28. The van der Waals surface area contributed by atoms with Gasteiger partial charge in [-0.1, -0.05) is 0 Å². The maximum absolute atomic E-state index is 10.6. The number of carbonyl (C=O) groups is 1. The molecule has 0 bridgehead atoms. The zero-order chi connectivity index (χ0) is 8.39. The van der Waals surface area contributed by atoms with E-state index in [0.29, 0.717) is 5.84 Å². The molecule has 0 fully saturated rings. The summed E-state index contributed by atoms with van der Waals surface area (Å²) in [5.74, 6) is 0.117. The molecule has 0 atom stereocenters. The summed E-state index contributed by atoms with van der Waals surface area (Å²) in [7, 11) is 0. The smallest absolute Gasteiger partial charge is 0.266 e. The van der Waals surface area contributed by atoms with Gasteiger partial charge in [-0.25, -0.2) is 9.67 Å². The number of hydrogen-bond acceptors (Lipinski definition) is 4. The van der Waals surface area contributed by atoms with Crippen LogP contribution >= 0.6 is 0 Å². The number of rotatable bonds is 0. The van der Waals surface area contributed by atoms with Crippen LogP contribution in [0.5, 0.6) is 0 Å². The summed E-state index contributed by atoms with van der Waals surface area (Å²) >= 11 is 0. The summed E-state index contributed by atoms with van der Waals surface area (Å²) in [6.07, 6.45) is 5.72. The average molecular weight is 162 g/mol. The standard InChI is InChI=1S/C6H4N5O/c12-6-2-1-5(9-10-6)11-4-7-3-8-11/h1-4H. The van der Waals surface area contributed by atoms with Crippen LogP contribution in [0.3, 0.4) is 0 Å². The molecule has 1 aliphatic heterocycles. The molecule has 0 aromatic carbocycles. The highest BCUT2D eigenvalue weighted by atomic mass is 16.2. The van der Waals surface area contributed by atoms with E-state index in [4.69, 9.17) is 0 Å². The van der Waals surface area contributed by atoms with Gasteiger partial charge in [0.15, 0.2) is 5.84 Å². The summed E-state index contributed by atoms with van der Waals surface area (Å²) in [5, 5.41) is 7.44. The number of nitrogens with zero attached hydrogens (tertiary/aromatic N) is 5. The molecule has 0 spiro atoms. The molecule has 1 radical (unpaired) electrons. The number of allylic oxidation sites excluding steroid dienone is 1. The van der Waals surface area contributed by atoms with E-state index in [0.717, 1.165) is 0 Å². The molecule has 0 aliphatic carbocycles. The average Bonchev–Trinajstić information content (AvgIpc) is 2.58. The second kappa shape index (κ2) is 2.57. The molecule has 1 aliphatic rings. The largest absolute Gasteiger partial charge is 0.288 e. The zero-order valence-electron chi connectivity index (χ0n) is 5.95. The Bertz CT molecular complexity index is 350. The fourth-order valence-corrected chi connectivity index (χ4v) is 0.762. The molecule has 12 heavy (non-hydrogen) atoms. The molecular formula is C6H4N5O. The van der Waals surface area contributed by atoms with Gasteiger partial charge in [0, 0.05) is 6.08 Å². The lowest BCUT2D eigenvalue weighted by Gasteiger charge is -2.01. The van der Waals surface area contributed by atoms with Gasteiger partial charge in [-0.15, -0.1) is 10.5 Å². The van der Waals surface area contributed by atoms with Crippen LogP contribution in [-0.4, -0.2) is 26.5 Å². The van der Waals surface area contributed by atoms with E-state index in [2.05, 4.69) is 20.6 Å². The van der Waals surface area contributed by atoms with Gasteiger partial charge in [-0.05, 0) is 6.08 Å². The van der Waals surface area contributed by atoms with Crippen molar-refractivity contribution in [2.24, 2.45) is 5.10 Å². The Morgan fingerprint density at radius 3 is 2.83 bits per heavy atom. The highest BCUT2D eigenvalue weighted by molar-refractivity contribution is 6.03. The quantitative estimate of drug-likeness (QED) is 0.498. The number of aromatic nitrogens is 3. The van der Waals surface area contributed by atoms with Crippen LogP contribution in [-0.2, 0) is 4.79 Å². The Labute approximate surface area is 67.6 Å². The molecule has 1 aromatic rings. The van der Waals surface area contributed by atoms with Crippen LogP contribution < -0.4 is 5.43 Å². The summed E-state index contributed by atoms with van der Waals surface area (Å²) in [6, 6.07) is 0. The van der Waals surface area contributed by atoms with E-state index in [1.165, 1.54) is 29.5 Å². The van der Waals surface area contributed by atoms with Crippen molar-refractivity contribution in [3.05, 3.63) is 24.8 Å². The van der Waals surface area contributed by atoms with Gasteiger partial charge in [0.25, 0.3) is 5.91 Å². The van der Waals surface area contributed by atoms with Crippen LogP contribution in [0.25, 0.3) is 0 Å². The Hall–Kier alpha value is -1.98. The first kappa shape index (κ1) is 6.71. The highest BCUT2D eigenvalue weighted by Gasteiger charge is 2.07. The van der Waals surface area contributed by atoms with Crippen LogP contribution in [0.1, 0.15) is 0 Å². The van der Waals surface area contributed by atoms with Crippen LogP contribution in [0.2, 0.25) is 0 Å². The molecule has 2 heterocycles. The van der Waals surface area contributed by atoms with Crippen LogP contribution in [0.4, 0.5) is 0 Å². The lowest BCUT2D eigenvalue weighted by molar-refractivity contribution is -0.116. The van der Waals surface area contributed by atoms with E-state index < -0.39 is 0 Å². The van der Waals surface area contributed by atoms with Gasteiger partial charge in [-0.2, -0.15) is 5.10 Å². The molecule has 1 amide bonds. The van der Waals surface area contributed by atoms with Crippen LogP contribution in [0, 0.1) is 0 Å². The molecule has 6 heteroatoms. The summed E-state index contributed by atoms with van der Waals surface area (Å²) in [6.45, 7) is 0. The monoisotopic (exact) mass is 162 g/mol. The number of amides is 1. The van der Waals surface area contributed by atoms with E-state index >= 15 is 0 Å². The highest BCUT2D eigenvalue weighted by Crippen LogP contribution is 1.92. The zero-order valence-corrected chi connectivity index (χ0v) is 5.95. The Morgan fingerprint density at radius 2 is 2.25 bits per heavy atom. The Morgan fingerprint density at radius 1 is 1.33 bits per heavy atom. The summed E-state index contributed by atoms with van der Waals surface area (Å²) in [4.78, 5) is 14.3. The first-order valence-corrected chi connectivity index (χ1v) is 3.22. The number of carbonyl (C=O) groups excluding carboxylic acids is 1. The summed E-state index contributed by atoms with van der Waals surface area (Å²) < 4.78 is 1.42. The maximum atomic E-state index is 10.6. The molecule has 6 nitrogen and oxygen atoms in total. The second-order valence-electron chi connectivity index (χ2n) is 2.07. The van der Waals surface area contributed by atoms with Gasteiger partial charge in [0.05, 0.1) is 0 Å². The van der Waals surface area contributed by atoms with E-state index in [1.807, 2.05) is 0 Å². The molecule has 0 unspecified atom stereocenters. The minimum atomic E-state index is -0.362. The lowest BCUT2D eigenvalue weighted by atomic mass is 10.4. The van der Waals surface area contributed by atoms with Crippen molar-refractivity contribution in [1.29, 1.82) is 0 Å². The fraction of sp³-hybridized carbons (Fsp3) is 0. The maximum Gasteiger partial charge on any atom is 0.288 e. The fourth-order valence-electron chi connectivity index (χ4n) is 0.762. The normalized spacial score (nSPS) is 15.7. The molecule has 1 aromatic heterocycles. The Kier molecular flexibility index (Phi) is 1.44. The minimum Gasteiger partial charge on any atom is -0.266 e. The summed E-state index contributed by atoms with van der Waals surface area (Å²) in [5.41, 5.74) is 3.34. The lowest BCUT2D eigenvalue weighted by Crippen LogP contribution is -2.20. The van der Waals surface area contributed by atoms with Gasteiger partial charge >= 0.3 is 0 Å². The Balaban J connectivity index is 2.28. The third kappa shape index (κ3) is 1.09. The molecule has 2 rings (SSSR count). The molecule has 0 saturated heterocycles. The molecule has 59 valence electrons. The van der Waals surface area contributed by atoms with Crippen molar-refractivity contribution < 1.29 is 4.79 Å². The van der Waals surface area contributed by atoms with Crippen molar-refractivity contribution in [2.45, 2.75) is 0 Å². The van der Waals surface area contributed by atoms with E-state index in [1.54, 1.807) is 0 Å². The first-order chi connectivity index (χ1) is 5.86. The van der Waals surface area contributed by atoms with E-state index in [-0.39, 0.29) is 5.91 Å². The van der Waals surface area contributed by atoms with Crippen molar-refractivity contribution in [2.75, 3.05) is 0 Å². The van der Waals surface area contributed by atoms with Crippen molar-refractivity contribution in [3.63, 3.8) is 0 Å². The van der Waals surface area contributed by atoms with Crippen molar-refractivity contribution in [3.8, 4) is 0 Å². The van der Waals surface area contributed by atoms with Crippen LogP contribution in [0.15, 0.2) is 29.9 Å². The number of hydrogen-bond donors (Lipinski definition) is 0. The van der Waals surface area contributed by atoms with Crippen molar-refractivity contribution in [1.82, 2.24) is 20.2 Å². The van der Waals surface area contributed by atoms with Gasteiger partial charge in [-0.3, -0.25) is 4.79 Å². The van der Waals surface area contributed by atoms with Crippen molar-refractivity contribution >= 4 is 11.7 Å².